The molecule has 3 aromatic rings. The fourth-order valence-electron chi connectivity index (χ4n) is 2.63. The van der Waals surface area contributed by atoms with Crippen LogP contribution in [0.25, 0.3) is 10.9 Å². The Morgan fingerprint density at radius 3 is 2.67 bits per heavy atom. The van der Waals surface area contributed by atoms with Crippen LogP contribution in [-0.4, -0.2) is 15.7 Å². The molecular formula is C20H20ClNO2. The van der Waals surface area contributed by atoms with Gasteiger partial charge >= 0.3 is 0 Å². The van der Waals surface area contributed by atoms with Crippen LogP contribution >= 0.6 is 11.6 Å². The predicted octanol–water partition coefficient (Wildman–Crippen LogP) is 4.78. The Labute approximate surface area is 146 Å². The Bertz CT molecular complexity index is 856. The highest BCUT2D eigenvalue weighted by molar-refractivity contribution is 6.30. The average molecular weight is 342 g/mol. The zero-order chi connectivity index (χ0) is 17.2. The summed E-state index contributed by atoms with van der Waals surface area (Å²) in [5.74, 6) is 0.769. The maximum absolute atomic E-state index is 9.93. The summed E-state index contributed by atoms with van der Waals surface area (Å²) in [4.78, 5) is 4.48. The van der Waals surface area contributed by atoms with Crippen molar-refractivity contribution in [3.8, 4) is 5.75 Å². The fourth-order valence-corrected chi connectivity index (χ4v) is 2.84. The first-order chi connectivity index (χ1) is 11.4. The van der Waals surface area contributed by atoms with Crippen LogP contribution < -0.4 is 4.74 Å². The molecule has 124 valence electrons. The third-order valence-electron chi connectivity index (χ3n) is 3.64. The molecule has 4 heteroatoms. The number of ether oxygens (including phenoxy) is 1. The lowest BCUT2D eigenvalue weighted by Crippen LogP contribution is -2.21. The highest BCUT2D eigenvalue weighted by atomic mass is 35.5. The SMILES string of the molecule is CC(C)(O)Cc1cnc2cc(OCc3cccc(Cl)c3)ccc2c1. The summed E-state index contributed by atoms with van der Waals surface area (Å²) in [5, 5.41) is 11.7. The number of pyridine rings is 1. The van der Waals surface area contributed by atoms with Crippen molar-refractivity contribution in [3.63, 3.8) is 0 Å². The number of nitrogens with zero attached hydrogens (tertiary/aromatic N) is 1. The number of aromatic nitrogens is 1. The molecule has 1 aromatic heterocycles. The maximum Gasteiger partial charge on any atom is 0.122 e. The monoisotopic (exact) mass is 341 g/mol. The Kier molecular flexibility index (Phi) is 4.74. The zero-order valence-electron chi connectivity index (χ0n) is 13.8. The fraction of sp³-hybridized carbons (Fsp3) is 0.250. The Hall–Kier alpha value is -2.10. The van der Waals surface area contributed by atoms with Crippen LogP contribution in [0.2, 0.25) is 5.02 Å². The molecule has 0 bridgehead atoms. The van der Waals surface area contributed by atoms with E-state index in [-0.39, 0.29) is 0 Å². The minimum absolute atomic E-state index is 0.461. The van der Waals surface area contributed by atoms with Crippen molar-refractivity contribution in [3.05, 3.63) is 70.9 Å². The van der Waals surface area contributed by atoms with Gasteiger partial charge in [-0.2, -0.15) is 0 Å². The van der Waals surface area contributed by atoms with Crippen molar-refractivity contribution < 1.29 is 9.84 Å². The molecule has 0 saturated carbocycles. The lowest BCUT2D eigenvalue weighted by Gasteiger charge is -2.17. The van der Waals surface area contributed by atoms with E-state index in [2.05, 4.69) is 11.1 Å². The number of halogens is 1. The van der Waals surface area contributed by atoms with Crippen molar-refractivity contribution >= 4 is 22.5 Å². The summed E-state index contributed by atoms with van der Waals surface area (Å²) in [6.07, 6.45) is 2.38. The van der Waals surface area contributed by atoms with E-state index in [4.69, 9.17) is 16.3 Å². The molecule has 0 aliphatic heterocycles. The molecule has 0 atom stereocenters. The second-order valence-corrected chi connectivity index (χ2v) is 7.04. The van der Waals surface area contributed by atoms with Crippen molar-refractivity contribution in [2.75, 3.05) is 0 Å². The van der Waals surface area contributed by atoms with E-state index in [9.17, 15) is 5.11 Å². The molecule has 0 fully saturated rings. The molecule has 0 unspecified atom stereocenters. The van der Waals surface area contributed by atoms with Gasteiger partial charge in [0.1, 0.15) is 12.4 Å². The lowest BCUT2D eigenvalue weighted by molar-refractivity contribution is 0.0809. The molecule has 1 N–H and O–H groups in total. The summed E-state index contributed by atoms with van der Waals surface area (Å²) in [7, 11) is 0. The molecule has 0 saturated heterocycles. The summed E-state index contributed by atoms with van der Waals surface area (Å²) in [6, 6.07) is 15.5. The van der Waals surface area contributed by atoms with E-state index in [1.54, 1.807) is 20.0 Å². The molecule has 2 aromatic carbocycles. The van der Waals surface area contributed by atoms with Crippen LogP contribution in [0.1, 0.15) is 25.0 Å². The van der Waals surface area contributed by atoms with Crippen LogP contribution in [0.4, 0.5) is 0 Å². The molecule has 3 nitrogen and oxygen atoms in total. The average Bonchev–Trinajstić information content (AvgIpc) is 2.51. The molecule has 0 aliphatic rings. The topological polar surface area (TPSA) is 42.4 Å². The van der Waals surface area contributed by atoms with Crippen LogP contribution in [-0.2, 0) is 13.0 Å². The minimum Gasteiger partial charge on any atom is -0.489 e. The predicted molar refractivity (Wildman–Crippen MR) is 97.5 cm³/mol. The number of hydrogen-bond acceptors (Lipinski definition) is 3. The number of benzene rings is 2. The summed E-state index contributed by atoms with van der Waals surface area (Å²) in [5.41, 5.74) is 2.17. The third kappa shape index (κ3) is 4.47. The van der Waals surface area contributed by atoms with Crippen LogP contribution in [0.5, 0.6) is 5.75 Å². The van der Waals surface area contributed by atoms with Gasteiger partial charge in [0.15, 0.2) is 0 Å². The summed E-state index contributed by atoms with van der Waals surface area (Å²) < 4.78 is 5.83. The minimum atomic E-state index is -0.741. The lowest BCUT2D eigenvalue weighted by atomic mass is 9.99. The van der Waals surface area contributed by atoms with E-state index < -0.39 is 5.60 Å². The molecule has 0 radical (unpaired) electrons. The van der Waals surface area contributed by atoms with E-state index in [0.29, 0.717) is 18.1 Å². The van der Waals surface area contributed by atoms with Crippen molar-refractivity contribution in [1.82, 2.24) is 4.98 Å². The molecular weight excluding hydrogens is 322 g/mol. The van der Waals surface area contributed by atoms with Gasteiger partial charge in [0.2, 0.25) is 0 Å². The smallest absolute Gasteiger partial charge is 0.122 e. The quantitative estimate of drug-likeness (QED) is 0.726. The van der Waals surface area contributed by atoms with Crippen molar-refractivity contribution in [2.45, 2.75) is 32.5 Å². The van der Waals surface area contributed by atoms with Crippen LogP contribution in [0.15, 0.2) is 54.7 Å². The maximum atomic E-state index is 9.93. The van der Waals surface area contributed by atoms with Gasteiger partial charge in [-0.25, -0.2) is 0 Å². The Balaban J connectivity index is 1.75. The van der Waals surface area contributed by atoms with Crippen LogP contribution in [0, 0.1) is 0 Å². The standard InChI is InChI=1S/C20H20ClNO2/c1-20(2,23)11-15-8-16-6-7-18(10-19(16)22-12-15)24-13-14-4-3-5-17(21)9-14/h3-10,12,23H,11,13H2,1-2H3. The largest absolute Gasteiger partial charge is 0.489 e. The second kappa shape index (κ2) is 6.80. The molecule has 24 heavy (non-hydrogen) atoms. The van der Waals surface area contributed by atoms with E-state index in [1.807, 2.05) is 42.5 Å². The van der Waals surface area contributed by atoms with Gasteiger partial charge in [0.05, 0.1) is 11.1 Å². The van der Waals surface area contributed by atoms with Gasteiger partial charge in [-0.15, -0.1) is 0 Å². The van der Waals surface area contributed by atoms with Crippen LogP contribution in [0.3, 0.4) is 0 Å². The number of hydrogen-bond donors (Lipinski definition) is 1. The summed E-state index contributed by atoms with van der Waals surface area (Å²) in [6.45, 7) is 4.05. The van der Waals surface area contributed by atoms with Crippen molar-refractivity contribution in [2.24, 2.45) is 0 Å². The van der Waals surface area contributed by atoms with Gasteiger partial charge in [0.25, 0.3) is 0 Å². The number of aliphatic hydroxyl groups is 1. The molecule has 1 heterocycles. The highest BCUT2D eigenvalue weighted by Crippen LogP contribution is 2.23. The molecule has 3 rings (SSSR count). The van der Waals surface area contributed by atoms with Gasteiger partial charge in [-0.05, 0) is 55.3 Å². The van der Waals surface area contributed by atoms with Gasteiger partial charge in [-0.3, -0.25) is 4.98 Å². The van der Waals surface area contributed by atoms with E-state index in [0.717, 1.165) is 27.8 Å². The second-order valence-electron chi connectivity index (χ2n) is 6.61. The zero-order valence-corrected chi connectivity index (χ0v) is 14.5. The summed E-state index contributed by atoms with van der Waals surface area (Å²) >= 11 is 5.98. The van der Waals surface area contributed by atoms with Gasteiger partial charge < -0.3 is 9.84 Å². The highest BCUT2D eigenvalue weighted by Gasteiger charge is 2.14. The molecule has 0 spiro atoms. The number of fused-ring (bicyclic) bond motifs is 1. The normalized spacial score (nSPS) is 11.7. The van der Waals surface area contributed by atoms with E-state index >= 15 is 0 Å². The number of rotatable bonds is 5. The Morgan fingerprint density at radius 2 is 1.92 bits per heavy atom. The van der Waals surface area contributed by atoms with Gasteiger partial charge in [-0.1, -0.05) is 23.7 Å². The molecule has 0 amide bonds. The van der Waals surface area contributed by atoms with E-state index in [1.165, 1.54) is 0 Å². The first-order valence-electron chi connectivity index (χ1n) is 7.87. The van der Waals surface area contributed by atoms with Crippen molar-refractivity contribution in [1.29, 1.82) is 0 Å². The van der Waals surface area contributed by atoms with Gasteiger partial charge in [0, 0.05) is 29.1 Å². The third-order valence-corrected chi connectivity index (χ3v) is 3.88. The first-order valence-corrected chi connectivity index (χ1v) is 8.25. The Morgan fingerprint density at radius 1 is 1.08 bits per heavy atom. The molecule has 0 aliphatic carbocycles. The first kappa shape index (κ1) is 16.7.